The molecule has 5 N–H and O–H groups in total. The molecule has 156 valence electrons. The summed E-state index contributed by atoms with van der Waals surface area (Å²) in [5.74, 6) is -2.14. The minimum Gasteiger partial charge on any atom is -0.499 e. The molecule has 0 amide bonds. The Balaban J connectivity index is 2.24. The second kappa shape index (κ2) is 10.2. The van der Waals surface area contributed by atoms with Crippen molar-refractivity contribution in [2.75, 3.05) is 19.8 Å². The maximum Gasteiger partial charge on any atom is 0.378 e. The lowest BCUT2D eigenvalue weighted by Crippen LogP contribution is -2.42. The molecule has 1 aliphatic rings. The van der Waals surface area contributed by atoms with E-state index in [9.17, 15) is 25.2 Å². The standard InChI is InChI=1S/C18H24O10/c1-10(21)9-25-18(13(8-20)26-11-5-3-2-4-6-11)28-16-14(23)17(24)27-15(16)12(22)7-19/h2-6,10,12-13,15,18-23H,7-9H2,1H3/t10?,12-,13?,15+,18?/m0/s1. The van der Waals surface area contributed by atoms with E-state index in [2.05, 4.69) is 0 Å². The van der Waals surface area contributed by atoms with Gasteiger partial charge in [0.15, 0.2) is 18.0 Å². The van der Waals surface area contributed by atoms with E-state index in [0.717, 1.165) is 0 Å². The lowest BCUT2D eigenvalue weighted by Gasteiger charge is -2.29. The third-order valence-corrected chi connectivity index (χ3v) is 3.71. The van der Waals surface area contributed by atoms with Crippen molar-refractivity contribution in [3.05, 3.63) is 41.9 Å². The van der Waals surface area contributed by atoms with Gasteiger partial charge in [-0.3, -0.25) is 0 Å². The number of hydrogen-bond acceptors (Lipinski definition) is 10. The molecule has 10 nitrogen and oxygen atoms in total. The number of ether oxygens (including phenoxy) is 4. The number of carbonyl (C=O) groups excluding carboxylic acids is 1. The van der Waals surface area contributed by atoms with Crippen LogP contribution in [0.5, 0.6) is 5.75 Å². The molecular weight excluding hydrogens is 376 g/mol. The van der Waals surface area contributed by atoms with E-state index in [1.807, 2.05) is 0 Å². The highest BCUT2D eigenvalue weighted by Crippen LogP contribution is 2.28. The minimum atomic E-state index is -1.55. The molecule has 1 aliphatic heterocycles. The van der Waals surface area contributed by atoms with Crippen LogP contribution in [-0.4, -0.2) is 82.0 Å². The third-order valence-electron chi connectivity index (χ3n) is 3.71. The highest BCUT2D eigenvalue weighted by molar-refractivity contribution is 5.89. The maximum absolute atomic E-state index is 11.6. The number of aliphatic hydroxyl groups is 5. The molecule has 1 aromatic carbocycles. The molecule has 5 atom stereocenters. The molecule has 1 heterocycles. The number of carbonyl (C=O) groups is 1. The van der Waals surface area contributed by atoms with Crippen molar-refractivity contribution in [3.63, 3.8) is 0 Å². The second-order valence-electron chi connectivity index (χ2n) is 6.11. The van der Waals surface area contributed by atoms with E-state index in [1.165, 1.54) is 6.92 Å². The molecular formula is C18H24O10. The number of rotatable bonds is 11. The third kappa shape index (κ3) is 5.57. The first kappa shape index (κ1) is 21.9. The summed E-state index contributed by atoms with van der Waals surface area (Å²) in [4.78, 5) is 11.6. The number of benzene rings is 1. The van der Waals surface area contributed by atoms with Crippen LogP contribution in [0.4, 0.5) is 0 Å². The zero-order valence-electron chi connectivity index (χ0n) is 15.2. The molecule has 0 saturated heterocycles. The van der Waals surface area contributed by atoms with Crippen LogP contribution in [0.25, 0.3) is 0 Å². The predicted octanol–water partition coefficient (Wildman–Crippen LogP) is -0.785. The Morgan fingerprint density at radius 1 is 1.11 bits per heavy atom. The largest absolute Gasteiger partial charge is 0.499 e. The van der Waals surface area contributed by atoms with Crippen molar-refractivity contribution < 1.29 is 49.3 Å². The molecule has 0 bridgehead atoms. The van der Waals surface area contributed by atoms with Gasteiger partial charge in [0.05, 0.1) is 25.9 Å². The number of aliphatic hydroxyl groups excluding tert-OH is 5. The topological polar surface area (TPSA) is 155 Å². The summed E-state index contributed by atoms with van der Waals surface area (Å²) in [6.45, 7) is -0.0909. The van der Waals surface area contributed by atoms with Crippen LogP contribution < -0.4 is 4.74 Å². The molecule has 3 unspecified atom stereocenters. The van der Waals surface area contributed by atoms with Crippen molar-refractivity contribution in [2.45, 2.75) is 37.6 Å². The smallest absolute Gasteiger partial charge is 0.378 e. The Labute approximate surface area is 161 Å². The quantitative estimate of drug-likeness (QED) is 0.236. The summed E-state index contributed by atoms with van der Waals surface area (Å²) < 4.78 is 21.3. The normalized spacial score (nSPS) is 21.0. The fourth-order valence-corrected chi connectivity index (χ4v) is 2.36. The van der Waals surface area contributed by atoms with Gasteiger partial charge in [-0.1, -0.05) is 18.2 Å². The minimum absolute atomic E-state index is 0.213. The molecule has 0 aliphatic carbocycles. The van der Waals surface area contributed by atoms with Crippen molar-refractivity contribution in [1.82, 2.24) is 0 Å². The lowest BCUT2D eigenvalue weighted by atomic mass is 10.2. The lowest BCUT2D eigenvalue weighted by molar-refractivity contribution is -0.195. The summed E-state index contributed by atoms with van der Waals surface area (Å²) in [5.41, 5.74) is 0. The highest BCUT2D eigenvalue weighted by atomic mass is 16.7. The Bertz CT molecular complexity index is 660. The van der Waals surface area contributed by atoms with E-state index < -0.39 is 61.4 Å². The Hall–Kier alpha value is -2.37. The van der Waals surface area contributed by atoms with Gasteiger partial charge in [-0.05, 0) is 19.1 Å². The van der Waals surface area contributed by atoms with Crippen LogP contribution in [0.3, 0.4) is 0 Å². The number of cyclic esters (lactones) is 1. The van der Waals surface area contributed by atoms with E-state index in [-0.39, 0.29) is 6.61 Å². The van der Waals surface area contributed by atoms with Crippen molar-refractivity contribution in [3.8, 4) is 5.75 Å². The number of hydrogen-bond donors (Lipinski definition) is 5. The molecule has 0 fully saturated rings. The van der Waals surface area contributed by atoms with Crippen molar-refractivity contribution in [2.24, 2.45) is 0 Å². The molecule has 0 radical (unpaired) electrons. The van der Waals surface area contributed by atoms with Gasteiger partial charge in [-0.15, -0.1) is 0 Å². The molecule has 2 rings (SSSR count). The molecule has 28 heavy (non-hydrogen) atoms. The predicted molar refractivity (Wildman–Crippen MR) is 93.1 cm³/mol. The van der Waals surface area contributed by atoms with Gasteiger partial charge < -0.3 is 44.5 Å². The summed E-state index contributed by atoms with van der Waals surface area (Å²) in [5, 5.41) is 48.1. The average Bonchev–Trinajstić information content (AvgIpc) is 2.97. The number of esters is 1. The summed E-state index contributed by atoms with van der Waals surface area (Å²) in [6.07, 6.45) is -6.41. The first-order chi connectivity index (χ1) is 13.4. The maximum atomic E-state index is 11.6. The summed E-state index contributed by atoms with van der Waals surface area (Å²) >= 11 is 0. The first-order valence-corrected chi connectivity index (χ1v) is 8.59. The van der Waals surface area contributed by atoms with Crippen LogP contribution >= 0.6 is 0 Å². The second-order valence-corrected chi connectivity index (χ2v) is 6.11. The van der Waals surface area contributed by atoms with Gasteiger partial charge in [0.1, 0.15) is 11.9 Å². The SMILES string of the molecule is CC(O)COC(OC1=C(O)C(=O)O[C@@H]1[C@@H](O)CO)C(CO)Oc1ccccc1. The van der Waals surface area contributed by atoms with Crippen LogP contribution in [0, 0.1) is 0 Å². The fraction of sp³-hybridized carbons (Fsp3) is 0.500. The Morgan fingerprint density at radius 2 is 1.79 bits per heavy atom. The Morgan fingerprint density at radius 3 is 2.36 bits per heavy atom. The van der Waals surface area contributed by atoms with Gasteiger partial charge in [-0.25, -0.2) is 4.79 Å². The van der Waals surface area contributed by atoms with Gasteiger partial charge in [0.25, 0.3) is 0 Å². The summed E-state index contributed by atoms with van der Waals surface area (Å²) in [6, 6.07) is 8.45. The van der Waals surface area contributed by atoms with Crippen LogP contribution in [0.2, 0.25) is 0 Å². The van der Waals surface area contributed by atoms with Crippen LogP contribution in [0.1, 0.15) is 6.92 Å². The van der Waals surface area contributed by atoms with Gasteiger partial charge in [0.2, 0.25) is 12.0 Å². The van der Waals surface area contributed by atoms with Gasteiger partial charge >= 0.3 is 5.97 Å². The Kier molecular flexibility index (Phi) is 8.03. The molecule has 10 heteroatoms. The van der Waals surface area contributed by atoms with Gasteiger partial charge in [-0.2, -0.15) is 0 Å². The summed E-state index contributed by atoms with van der Waals surface area (Å²) in [7, 11) is 0. The van der Waals surface area contributed by atoms with Gasteiger partial charge in [0, 0.05) is 0 Å². The average molecular weight is 400 g/mol. The van der Waals surface area contributed by atoms with E-state index >= 15 is 0 Å². The number of para-hydroxylation sites is 1. The molecule has 0 saturated carbocycles. The monoisotopic (exact) mass is 400 g/mol. The van der Waals surface area contributed by atoms with E-state index in [1.54, 1.807) is 30.3 Å². The zero-order chi connectivity index (χ0) is 20.7. The first-order valence-electron chi connectivity index (χ1n) is 8.59. The molecule has 1 aromatic rings. The van der Waals surface area contributed by atoms with Crippen LogP contribution in [0.15, 0.2) is 41.9 Å². The van der Waals surface area contributed by atoms with Crippen molar-refractivity contribution >= 4 is 5.97 Å². The molecule has 0 spiro atoms. The molecule has 0 aromatic heterocycles. The van der Waals surface area contributed by atoms with E-state index in [0.29, 0.717) is 5.75 Å². The zero-order valence-corrected chi connectivity index (χ0v) is 15.2. The fourth-order valence-electron chi connectivity index (χ4n) is 2.36. The van der Waals surface area contributed by atoms with Crippen LogP contribution in [-0.2, 0) is 19.0 Å². The van der Waals surface area contributed by atoms with Crippen molar-refractivity contribution in [1.29, 1.82) is 0 Å². The highest BCUT2D eigenvalue weighted by Gasteiger charge is 2.43. The van der Waals surface area contributed by atoms with E-state index in [4.69, 9.17) is 24.1 Å².